The highest BCUT2D eigenvalue weighted by Crippen LogP contribution is 2.29. The summed E-state index contributed by atoms with van der Waals surface area (Å²) < 4.78 is 26.2. The van der Waals surface area contributed by atoms with Crippen LogP contribution >= 0.6 is 12.4 Å². The first-order chi connectivity index (χ1) is 8.16. The number of rotatable bonds is 7. The normalized spacial score (nSPS) is 24.6. The molecule has 4 nitrogen and oxygen atoms in total. The van der Waals surface area contributed by atoms with Crippen LogP contribution in [-0.4, -0.2) is 33.8 Å². The summed E-state index contributed by atoms with van der Waals surface area (Å²) in [5, 5.41) is 3.30. The second-order valence-corrected chi connectivity index (χ2v) is 7.37. The Morgan fingerprint density at radius 1 is 1.11 bits per heavy atom. The summed E-state index contributed by atoms with van der Waals surface area (Å²) in [6, 6.07) is 0. The number of sulfonamides is 1. The van der Waals surface area contributed by atoms with Crippen LogP contribution in [0.25, 0.3) is 0 Å². The summed E-state index contributed by atoms with van der Waals surface area (Å²) in [7, 11) is -3.01. The smallest absolute Gasteiger partial charge is 0.211 e. The van der Waals surface area contributed by atoms with Gasteiger partial charge in [0.2, 0.25) is 10.0 Å². The quantitative estimate of drug-likeness (QED) is 0.749. The summed E-state index contributed by atoms with van der Waals surface area (Å²) in [5.74, 6) is 1.65. The molecule has 1 saturated carbocycles. The summed E-state index contributed by atoms with van der Waals surface area (Å²) in [5.41, 5.74) is 0. The van der Waals surface area contributed by atoms with Crippen LogP contribution in [0.3, 0.4) is 0 Å². The molecule has 1 heterocycles. The molecule has 2 fully saturated rings. The van der Waals surface area contributed by atoms with Crippen LogP contribution in [-0.2, 0) is 10.0 Å². The van der Waals surface area contributed by atoms with Gasteiger partial charge in [-0.15, -0.1) is 12.4 Å². The van der Waals surface area contributed by atoms with E-state index in [9.17, 15) is 8.42 Å². The van der Waals surface area contributed by atoms with E-state index in [-0.39, 0.29) is 12.4 Å². The molecule has 18 heavy (non-hydrogen) atoms. The Morgan fingerprint density at radius 3 is 2.44 bits per heavy atom. The Balaban J connectivity index is 0.00000162. The fraction of sp³-hybridized carbons (Fsp3) is 1.00. The van der Waals surface area contributed by atoms with Gasteiger partial charge in [-0.05, 0) is 44.2 Å². The third-order valence-corrected chi connectivity index (χ3v) is 5.47. The van der Waals surface area contributed by atoms with Crippen LogP contribution in [0.1, 0.15) is 38.5 Å². The summed E-state index contributed by atoms with van der Waals surface area (Å²) in [4.78, 5) is 0. The minimum absolute atomic E-state index is 0. The van der Waals surface area contributed by atoms with E-state index < -0.39 is 10.0 Å². The molecule has 2 N–H and O–H groups in total. The monoisotopic (exact) mass is 296 g/mol. The van der Waals surface area contributed by atoms with Crippen LogP contribution in [0, 0.1) is 11.8 Å². The summed E-state index contributed by atoms with van der Waals surface area (Å²) >= 11 is 0. The van der Waals surface area contributed by atoms with Crippen LogP contribution < -0.4 is 10.0 Å². The molecule has 2 rings (SSSR count). The highest BCUT2D eigenvalue weighted by Gasteiger charge is 2.21. The number of hydrogen-bond donors (Lipinski definition) is 2. The maximum absolute atomic E-state index is 11.7. The van der Waals surface area contributed by atoms with E-state index in [1.807, 2.05) is 0 Å². The molecule has 1 atom stereocenters. The average molecular weight is 297 g/mol. The summed E-state index contributed by atoms with van der Waals surface area (Å²) in [6.07, 6.45) is 6.74. The molecule has 0 aromatic rings. The predicted molar refractivity (Wildman–Crippen MR) is 76.6 cm³/mol. The lowest BCUT2D eigenvalue weighted by Crippen LogP contribution is -2.30. The molecule has 0 bridgehead atoms. The SMILES string of the molecule is Cl.O=S(=O)(CCC1CCC1)NCCC1CCNC1. The Bertz CT molecular complexity index is 325. The molecule has 0 aromatic heterocycles. The van der Waals surface area contributed by atoms with Gasteiger partial charge in [-0.3, -0.25) is 0 Å². The molecule has 0 radical (unpaired) electrons. The van der Waals surface area contributed by atoms with Gasteiger partial charge in [0.25, 0.3) is 0 Å². The zero-order valence-electron chi connectivity index (χ0n) is 10.9. The molecule has 108 valence electrons. The van der Waals surface area contributed by atoms with Crippen molar-refractivity contribution in [2.24, 2.45) is 11.8 Å². The number of halogens is 1. The standard InChI is InChI=1S/C12H24N2O2S.ClH/c15-17(16,9-6-11-2-1-3-11)14-8-5-12-4-7-13-10-12;/h11-14H,1-10H2;1H. The average Bonchev–Trinajstić information content (AvgIpc) is 2.67. The lowest BCUT2D eigenvalue weighted by molar-refractivity contribution is 0.307. The number of nitrogens with one attached hydrogen (secondary N) is 2. The minimum atomic E-state index is -3.01. The molecule has 1 unspecified atom stereocenters. The first-order valence-electron chi connectivity index (χ1n) is 6.84. The third-order valence-electron chi connectivity index (χ3n) is 4.06. The molecule has 1 saturated heterocycles. The van der Waals surface area contributed by atoms with Gasteiger partial charge in [0.05, 0.1) is 5.75 Å². The Labute approximate surface area is 117 Å². The lowest BCUT2D eigenvalue weighted by atomic mass is 9.84. The van der Waals surface area contributed by atoms with Crippen molar-refractivity contribution in [1.82, 2.24) is 10.0 Å². The Kier molecular flexibility index (Phi) is 6.92. The maximum atomic E-state index is 11.7. The van der Waals surface area contributed by atoms with Crippen molar-refractivity contribution in [3.63, 3.8) is 0 Å². The van der Waals surface area contributed by atoms with Gasteiger partial charge in [0.1, 0.15) is 0 Å². The van der Waals surface area contributed by atoms with E-state index in [2.05, 4.69) is 10.0 Å². The molecule has 6 heteroatoms. The van der Waals surface area contributed by atoms with Gasteiger partial charge in [-0.2, -0.15) is 0 Å². The zero-order valence-corrected chi connectivity index (χ0v) is 12.5. The third kappa shape index (κ3) is 5.43. The highest BCUT2D eigenvalue weighted by molar-refractivity contribution is 7.89. The molecule has 1 aliphatic heterocycles. The van der Waals surface area contributed by atoms with E-state index in [4.69, 9.17) is 0 Å². The van der Waals surface area contributed by atoms with Crippen molar-refractivity contribution >= 4 is 22.4 Å². The van der Waals surface area contributed by atoms with Crippen molar-refractivity contribution in [2.75, 3.05) is 25.4 Å². The first kappa shape index (κ1) is 16.2. The van der Waals surface area contributed by atoms with Gasteiger partial charge in [0.15, 0.2) is 0 Å². The van der Waals surface area contributed by atoms with Crippen molar-refractivity contribution in [3.05, 3.63) is 0 Å². The van der Waals surface area contributed by atoms with Crippen LogP contribution in [0.5, 0.6) is 0 Å². The molecule has 2 aliphatic rings. The summed E-state index contributed by atoms with van der Waals surface area (Å²) in [6.45, 7) is 2.74. The van der Waals surface area contributed by atoms with Crippen molar-refractivity contribution in [3.8, 4) is 0 Å². The Hall–Kier alpha value is 0.160. The molecule has 0 spiro atoms. The van der Waals surface area contributed by atoms with E-state index in [1.165, 1.54) is 25.7 Å². The van der Waals surface area contributed by atoms with Crippen molar-refractivity contribution in [2.45, 2.75) is 38.5 Å². The fourth-order valence-electron chi connectivity index (χ4n) is 2.55. The minimum Gasteiger partial charge on any atom is -0.316 e. The number of hydrogen-bond acceptors (Lipinski definition) is 3. The fourth-order valence-corrected chi connectivity index (χ4v) is 3.77. The van der Waals surface area contributed by atoms with Gasteiger partial charge in [-0.1, -0.05) is 19.3 Å². The largest absolute Gasteiger partial charge is 0.316 e. The zero-order chi connectivity index (χ0) is 12.1. The highest BCUT2D eigenvalue weighted by atomic mass is 35.5. The second kappa shape index (κ2) is 7.68. The topological polar surface area (TPSA) is 58.2 Å². The molecular formula is C12H25ClN2O2S. The van der Waals surface area contributed by atoms with Gasteiger partial charge in [-0.25, -0.2) is 13.1 Å². The molecule has 1 aliphatic carbocycles. The Morgan fingerprint density at radius 2 is 1.89 bits per heavy atom. The van der Waals surface area contributed by atoms with Gasteiger partial charge in [0, 0.05) is 6.54 Å². The van der Waals surface area contributed by atoms with E-state index in [0.717, 1.165) is 25.9 Å². The van der Waals surface area contributed by atoms with Crippen LogP contribution in [0.4, 0.5) is 0 Å². The maximum Gasteiger partial charge on any atom is 0.211 e. The molecular weight excluding hydrogens is 272 g/mol. The van der Waals surface area contributed by atoms with Crippen LogP contribution in [0.2, 0.25) is 0 Å². The molecule has 0 amide bonds. The predicted octanol–water partition coefficient (Wildman–Crippen LogP) is 1.52. The van der Waals surface area contributed by atoms with E-state index >= 15 is 0 Å². The van der Waals surface area contributed by atoms with E-state index in [0.29, 0.717) is 24.1 Å². The lowest BCUT2D eigenvalue weighted by Gasteiger charge is -2.24. The van der Waals surface area contributed by atoms with Crippen LogP contribution in [0.15, 0.2) is 0 Å². The van der Waals surface area contributed by atoms with Gasteiger partial charge >= 0.3 is 0 Å². The second-order valence-electron chi connectivity index (χ2n) is 5.45. The molecule has 0 aromatic carbocycles. The van der Waals surface area contributed by atoms with Crippen molar-refractivity contribution < 1.29 is 8.42 Å². The van der Waals surface area contributed by atoms with Crippen molar-refractivity contribution in [1.29, 1.82) is 0 Å². The van der Waals surface area contributed by atoms with E-state index in [1.54, 1.807) is 0 Å². The van der Waals surface area contributed by atoms with Gasteiger partial charge < -0.3 is 5.32 Å². The first-order valence-corrected chi connectivity index (χ1v) is 8.49.